The van der Waals surface area contributed by atoms with E-state index in [1.165, 1.54) is 12.3 Å². The zero-order valence-corrected chi connectivity index (χ0v) is 18.4. The number of ether oxygens (including phenoxy) is 1. The third-order valence-electron chi connectivity index (χ3n) is 3.67. The van der Waals surface area contributed by atoms with E-state index in [0.29, 0.717) is 0 Å². The smallest absolute Gasteiger partial charge is 0.387 e. The Morgan fingerprint density at radius 3 is 2.42 bits per heavy atom. The molecule has 2 aliphatic heterocycles. The number of carbonyl (C=O) groups is 1. The summed E-state index contributed by atoms with van der Waals surface area (Å²) in [5.74, 6) is -0.554. The number of aliphatic hydroxyl groups excluding tert-OH is 1. The predicted octanol–water partition coefficient (Wildman–Crippen LogP) is -0.667. The number of phosphoric acid groups is 3. The number of nitrogens with one attached hydrogen (secondary N) is 1. The molecule has 20 heteroatoms. The van der Waals surface area contributed by atoms with E-state index in [1.54, 1.807) is 0 Å². The fourth-order valence-electron chi connectivity index (χ4n) is 2.42. The van der Waals surface area contributed by atoms with E-state index in [2.05, 4.69) is 25.0 Å². The first kappa shape index (κ1) is 26.1. The van der Waals surface area contributed by atoms with Gasteiger partial charge in [-0.2, -0.15) is 13.9 Å². The van der Waals surface area contributed by atoms with Crippen LogP contribution in [0.3, 0.4) is 0 Å². The van der Waals surface area contributed by atoms with Crippen LogP contribution in [0.1, 0.15) is 0 Å². The summed E-state index contributed by atoms with van der Waals surface area (Å²) in [6.45, 7) is 2.29. The van der Waals surface area contributed by atoms with Crippen molar-refractivity contribution in [1.82, 2.24) is 10.2 Å². The number of halogens is 1. The predicted molar refractivity (Wildman–Crippen MR) is 96.9 cm³/mol. The summed E-state index contributed by atoms with van der Waals surface area (Å²) >= 11 is 6.09. The largest absolute Gasteiger partial charge is 0.490 e. The molecule has 2 heterocycles. The molecule has 2 aliphatic rings. The fourth-order valence-corrected chi connectivity index (χ4v) is 5.85. The van der Waals surface area contributed by atoms with Crippen LogP contribution in [0, 0.1) is 11.3 Å². The topological polar surface area (TPSA) is 245 Å². The molecule has 2 rings (SSSR count). The van der Waals surface area contributed by atoms with Crippen LogP contribution in [0.5, 0.6) is 0 Å². The maximum atomic E-state index is 11.9. The van der Waals surface area contributed by atoms with Crippen LogP contribution in [0.4, 0.5) is 0 Å². The number of hydrogen-bond acceptors (Lipinski definition) is 11. The maximum Gasteiger partial charge on any atom is 0.490 e. The van der Waals surface area contributed by atoms with Crippen molar-refractivity contribution in [3.63, 3.8) is 0 Å². The molecule has 2 unspecified atom stereocenters. The van der Waals surface area contributed by atoms with E-state index >= 15 is 0 Å². The number of aliphatic hydroxyl groups is 1. The van der Waals surface area contributed by atoms with Gasteiger partial charge in [-0.15, -0.1) is 11.6 Å². The Morgan fingerprint density at radius 1 is 1.29 bits per heavy atom. The highest BCUT2D eigenvalue weighted by Crippen LogP contribution is 2.66. The molecule has 0 radical (unpaired) electrons. The second kappa shape index (κ2) is 9.01. The fraction of sp³-hybridized carbons (Fsp3) is 0.455. The minimum Gasteiger partial charge on any atom is -0.387 e. The summed E-state index contributed by atoms with van der Waals surface area (Å²) in [5, 5.41) is 20.8. The molecule has 0 aliphatic carbocycles. The molecule has 31 heavy (non-hydrogen) atoms. The van der Waals surface area contributed by atoms with Gasteiger partial charge in [0.05, 0.1) is 0 Å². The lowest BCUT2D eigenvalue weighted by Crippen LogP contribution is -2.44. The SMILES string of the molecule is C=C1NC(=O)C=CN1[C@@H]1O[C@](C#N)(COP(=O)(O)OP(=O)(O)OP(=O)(O)O)[C@@H](O)[C@H]1Cl. The number of hydrogen-bond donors (Lipinski definition) is 6. The first-order valence-electron chi connectivity index (χ1n) is 7.67. The zero-order valence-electron chi connectivity index (χ0n) is 14.9. The minimum absolute atomic E-state index is 0.0306. The van der Waals surface area contributed by atoms with E-state index in [9.17, 15) is 33.8 Å². The Balaban J connectivity index is 2.16. The molecule has 16 nitrogen and oxygen atoms in total. The highest BCUT2D eigenvalue weighted by molar-refractivity contribution is 7.66. The average molecular weight is 526 g/mol. The van der Waals surface area contributed by atoms with E-state index in [-0.39, 0.29) is 5.82 Å². The number of nitriles is 1. The number of carbonyl (C=O) groups excluding carboxylic acids is 1. The minimum atomic E-state index is -5.79. The standard InChI is InChI=1S/C11H15ClN3O13P3/c1-6-14-7(16)2-3-15(6)10-8(12)9(17)11(4-13,26-10)5-25-30(21,22)28-31(23,24)27-29(18,19)20/h2-3,8-10,17H,1,5H2,(H,14,16)(H,21,22)(H,23,24)(H2,18,19,20)/t8-,9+,10-,11-/m1/s1. The second-order valence-electron chi connectivity index (χ2n) is 5.92. The molecule has 0 bridgehead atoms. The normalized spacial score (nSPS) is 32.8. The molecule has 6 atom stereocenters. The molecular formula is C11H15ClN3O13P3. The Hall–Kier alpha value is -1.14. The van der Waals surface area contributed by atoms with Crippen molar-refractivity contribution in [1.29, 1.82) is 5.26 Å². The van der Waals surface area contributed by atoms with Crippen molar-refractivity contribution in [2.24, 2.45) is 0 Å². The van der Waals surface area contributed by atoms with Crippen LogP contribution in [-0.4, -0.2) is 65.4 Å². The van der Waals surface area contributed by atoms with Crippen LogP contribution in [-0.2, 0) is 36.4 Å². The molecule has 0 saturated carbocycles. The quantitative estimate of drug-likeness (QED) is 0.170. The van der Waals surface area contributed by atoms with E-state index in [0.717, 1.165) is 11.0 Å². The zero-order chi connectivity index (χ0) is 23.8. The summed E-state index contributed by atoms with van der Waals surface area (Å²) < 4.78 is 50.7. The molecule has 0 spiro atoms. The van der Waals surface area contributed by atoms with Gasteiger partial charge in [0.15, 0.2) is 6.23 Å². The van der Waals surface area contributed by atoms with Crippen molar-refractivity contribution in [3.8, 4) is 6.07 Å². The number of amides is 1. The Kier molecular flexibility index (Phi) is 7.59. The van der Waals surface area contributed by atoms with Gasteiger partial charge in [0.2, 0.25) is 5.60 Å². The Morgan fingerprint density at radius 2 is 1.90 bits per heavy atom. The molecule has 0 aromatic heterocycles. The van der Waals surface area contributed by atoms with Crippen LogP contribution in [0.15, 0.2) is 24.7 Å². The van der Waals surface area contributed by atoms with E-state index < -0.39 is 59.3 Å². The summed E-state index contributed by atoms with van der Waals surface area (Å²) in [6, 6.07) is 1.50. The van der Waals surface area contributed by atoms with Crippen molar-refractivity contribution < 1.29 is 61.1 Å². The molecule has 174 valence electrons. The van der Waals surface area contributed by atoms with Crippen molar-refractivity contribution >= 4 is 41.0 Å². The lowest BCUT2D eigenvalue weighted by atomic mass is 9.99. The van der Waals surface area contributed by atoms with Gasteiger partial charge in [-0.3, -0.25) is 9.32 Å². The Bertz CT molecular complexity index is 977. The summed E-state index contributed by atoms with van der Waals surface area (Å²) in [4.78, 5) is 48.1. The first-order chi connectivity index (χ1) is 14.0. The number of nitrogens with zero attached hydrogens (tertiary/aromatic N) is 2. The van der Waals surface area contributed by atoms with Gasteiger partial charge in [0.1, 0.15) is 30.0 Å². The van der Waals surface area contributed by atoms with Crippen LogP contribution >= 0.6 is 35.1 Å². The highest BCUT2D eigenvalue weighted by atomic mass is 35.5. The molecule has 1 saturated heterocycles. The maximum absolute atomic E-state index is 11.9. The van der Waals surface area contributed by atoms with Gasteiger partial charge < -0.3 is 39.6 Å². The van der Waals surface area contributed by atoms with Gasteiger partial charge in [-0.05, 0) is 0 Å². The average Bonchev–Trinajstić information content (AvgIpc) is 2.82. The van der Waals surface area contributed by atoms with Gasteiger partial charge in [-0.25, -0.2) is 13.7 Å². The van der Waals surface area contributed by atoms with Crippen molar-refractivity contribution in [3.05, 3.63) is 24.7 Å². The highest BCUT2D eigenvalue weighted by Gasteiger charge is 2.58. The van der Waals surface area contributed by atoms with Gasteiger partial charge in [0, 0.05) is 12.3 Å². The third-order valence-corrected chi connectivity index (χ3v) is 7.91. The van der Waals surface area contributed by atoms with Crippen LogP contribution < -0.4 is 5.32 Å². The molecular weight excluding hydrogens is 511 g/mol. The third kappa shape index (κ3) is 6.44. The first-order valence-corrected chi connectivity index (χ1v) is 12.6. The summed E-state index contributed by atoms with van der Waals surface area (Å²) in [7, 11) is -17.0. The summed E-state index contributed by atoms with van der Waals surface area (Å²) in [5.41, 5.74) is -2.42. The lowest BCUT2D eigenvalue weighted by Gasteiger charge is -2.33. The monoisotopic (exact) mass is 525 g/mol. The molecule has 6 N–H and O–H groups in total. The van der Waals surface area contributed by atoms with E-state index in [4.69, 9.17) is 31.0 Å². The van der Waals surface area contributed by atoms with Crippen LogP contribution in [0.2, 0.25) is 0 Å². The number of alkyl halides is 1. The molecule has 1 amide bonds. The Labute approximate surface area is 178 Å². The molecule has 0 aromatic rings. The van der Waals surface area contributed by atoms with Crippen LogP contribution in [0.25, 0.3) is 0 Å². The van der Waals surface area contributed by atoms with Crippen molar-refractivity contribution in [2.45, 2.75) is 23.3 Å². The number of phosphoric ester groups is 1. The molecule has 0 aromatic carbocycles. The summed E-state index contributed by atoms with van der Waals surface area (Å²) in [6.07, 6.45) is -0.948. The number of rotatable bonds is 8. The van der Waals surface area contributed by atoms with Crippen molar-refractivity contribution in [2.75, 3.05) is 6.61 Å². The molecule has 1 fully saturated rings. The van der Waals surface area contributed by atoms with Gasteiger partial charge in [0.25, 0.3) is 5.91 Å². The lowest BCUT2D eigenvalue weighted by molar-refractivity contribution is -0.119. The van der Waals surface area contributed by atoms with Gasteiger partial charge in [-0.1, -0.05) is 6.58 Å². The second-order valence-corrected chi connectivity index (χ2v) is 10.8. The van der Waals surface area contributed by atoms with Gasteiger partial charge >= 0.3 is 23.5 Å². The van der Waals surface area contributed by atoms with E-state index in [1.807, 2.05) is 0 Å².